The molecule has 0 bridgehead atoms. The number of rotatable bonds is 3. The van der Waals surface area contributed by atoms with E-state index in [1.807, 2.05) is 12.1 Å². The summed E-state index contributed by atoms with van der Waals surface area (Å²) in [4.78, 5) is 4.12. The van der Waals surface area contributed by atoms with E-state index in [1.165, 1.54) is 0 Å². The average molecular weight is 225 g/mol. The molecule has 84 valence electrons. The van der Waals surface area contributed by atoms with Crippen LogP contribution in [0.4, 0.5) is 5.82 Å². The zero-order chi connectivity index (χ0) is 12.1. The van der Waals surface area contributed by atoms with Crippen LogP contribution < -0.4 is 10.5 Å². The zero-order valence-electron chi connectivity index (χ0n) is 9.13. The largest absolute Gasteiger partial charge is 0.487 e. The van der Waals surface area contributed by atoms with Gasteiger partial charge in [0.05, 0.1) is 17.3 Å². The minimum Gasteiger partial charge on any atom is -0.487 e. The van der Waals surface area contributed by atoms with Gasteiger partial charge in [0.1, 0.15) is 18.2 Å². The summed E-state index contributed by atoms with van der Waals surface area (Å²) in [5, 5.41) is 8.75. The van der Waals surface area contributed by atoms with E-state index in [9.17, 15) is 0 Å². The molecule has 0 radical (unpaired) electrons. The Hall–Kier alpha value is -2.54. The smallest absolute Gasteiger partial charge is 0.130 e. The highest BCUT2D eigenvalue weighted by Gasteiger charge is 1.99. The molecule has 4 nitrogen and oxygen atoms in total. The fraction of sp³-hybridized carbons (Fsp3) is 0.0769. The Morgan fingerprint density at radius 1 is 1.24 bits per heavy atom. The molecule has 1 aromatic carbocycles. The van der Waals surface area contributed by atoms with Crippen molar-refractivity contribution in [2.24, 2.45) is 0 Å². The number of nitrogen functional groups attached to an aromatic ring is 1. The number of pyridine rings is 1. The van der Waals surface area contributed by atoms with E-state index < -0.39 is 0 Å². The molecule has 0 aliphatic carbocycles. The molecule has 0 saturated heterocycles. The molecule has 17 heavy (non-hydrogen) atoms. The van der Waals surface area contributed by atoms with E-state index in [4.69, 9.17) is 15.7 Å². The third-order valence-corrected chi connectivity index (χ3v) is 2.18. The van der Waals surface area contributed by atoms with E-state index in [-0.39, 0.29) is 0 Å². The number of hydrogen-bond acceptors (Lipinski definition) is 4. The van der Waals surface area contributed by atoms with Gasteiger partial charge in [-0.15, -0.1) is 0 Å². The quantitative estimate of drug-likeness (QED) is 0.868. The fourth-order valence-electron chi connectivity index (χ4n) is 1.39. The molecule has 0 atom stereocenters. The molecule has 0 aliphatic heterocycles. The number of hydrogen-bond donors (Lipinski definition) is 1. The second-order valence-electron chi connectivity index (χ2n) is 3.48. The van der Waals surface area contributed by atoms with Crippen LogP contribution >= 0.6 is 0 Å². The van der Waals surface area contributed by atoms with Crippen LogP contribution in [0.15, 0.2) is 42.5 Å². The Labute approximate surface area is 99.3 Å². The first kappa shape index (κ1) is 11.0. The van der Waals surface area contributed by atoms with Gasteiger partial charge in [-0.05, 0) is 30.3 Å². The molecular weight excluding hydrogens is 214 g/mol. The highest BCUT2D eigenvalue weighted by Crippen LogP contribution is 2.14. The molecule has 1 aromatic heterocycles. The van der Waals surface area contributed by atoms with Crippen LogP contribution in [0.2, 0.25) is 0 Å². The Morgan fingerprint density at radius 2 is 2.06 bits per heavy atom. The van der Waals surface area contributed by atoms with Crippen molar-refractivity contribution in [1.82, 2.24) is 4.98 Å². The standard InChI is InChI=1S/C13H11N3O/c14-8-10-3-1-5-12(7-10)17-9-11-4-2-6-13(15)16-11/h1-7H,9H2,(H2,15,16). The lowest BCUT2D eigenvalue weighted by molar-refractivity contribution is 0.301. The van der Waals surface area contributed by atoms with Crippen LogP contribution in [0, 0.1) is 11.3 Å². The summed E-state index contributed by atoms with van der Waals surface area (Å²) in [6.07, 6.45) is 0. The van der Waals surface area contributed by atoms with Gasteiger partial charge in [-0.25, -0.2) is 4.98 Å². The first-order valence-electron chi connectivity index (χ1n) is 5.12. The molecule has 0 aliphatic rings. The summed E-state index contributed by atoms with van der Waals surface area (Å²) >= 11 is 0. The first-order valence-corrected chi connectivity index (χ1v) is 5.12. The van der Waals surface area contributed by atoms with Gasteiger partial charge in [0.2, 0.25) is 0 Å². The van der Waals surface area contributed by atoms with Crippen molar-refractivity contribution in [3.05, 3.63) is 53.7 Å². The van der Waals surface area contributed by atoms with Crippen molar-refractivity contribution in [2.45, 2.75) is 6.61 Å². The molecule has 1 heterocycles. The first-order chi connectivity index (χ1) is 8.28. The van der Waals surface area contributed by atoms with Gasteiger partial charge in [-0.1, -0.05) is 12.1 Å². The normalized spacial score (nSPS) is 9.59. The Balaban J connectivity index is 2.05. The highest BCUT2D eigenvalue weighted by atomic mass is 16.5. The Morgan fingerprint density at radius 3 is 2.82 bits per heavy atom. The third-order valence-electron chi connectivity index (χ3n) is 2.18. The van der Waals surface area contributed by atoms with Crippen LogP contribution in [-0.2, 0) is 6.61 Å². The lowest BCUT2D eigenvalue weighted by atomic mass is 10.2. The van der Waals surface area contributed by atoms with Crippen LogP contribution in [0.25, 0.3) is 0 Å². The van der Waals surface area contributed by atoms with Gasteiger partial charge in [0, 0.05) is 0 Å². The molecule has 0 amide bonds. The zero-order valence-corrected chi connectivity index (χ0v) is 9.13. The minimum absolute atomic E-state index is 0.333. The molecule has 4 heteroatoms. The number of nitriles is 1. The van der Waals surface area contributed by atoms with Crippen molar-refractivity contribution < 1.29 is 4.74 Å². The summed E-state index contributed by atoms with van der Waals surface area (Å²) in [6, 6.07) is 14.4. The highest BCUT2D eigenvalue weighted by molar-refractivity contribution is 5.36. The van der Waals surface area contributed by atoms with Crippen molar-refractivity contribution in [1.29, 1.82) is 5.26 Å². The Bertz CT molecular complexity index is 561. The fourth-order valence-corrected chi connectivity index (χ4v) is 1.39. The van der Waals surface area contributed by atoms with Gasteiger partial charge in [0.15, 0.2) is 0 Å². The van der Waals surface area contributed by atoms with Crippen molar-refractivity contribution >= 4 is 5.82 Å². The van der Waals surface area contributed by atoms with Crippen molar-refractivity contribution in [3.8, 4) is 11.8 Å². The predicted molar refractivity (Wildman–Crippen MR) is 64.1 cm³/mol. The van der Waals surface area contributed by atoms with Crippen LogP contribution in [0.3, 0.4) is 0 Å². The number of nitrogens with zero attached hydrogens (tertiary/aromatic N) is 2. The van der Waals surface area contributed by atoms with Gasteiger partial charge < -0.3 is 10.5 Å². The average Bonchev–Trinajstić information content (AvgIpc) is 2.37. The van der Waals surface area contributed by atoms with Gasteiger partial charge in [-0.2, -0.15) is 5.26 Å². The molecule has 0 spiro atoms. The van der Waals surface area contributed by atoms with Gasteiger partial charge >= 0.3 is 0 Å². The molecule has 2 aromatic rings. The Kier molecular flexibility index (Phi) is 3.22. The van der Waals surface area contributed by atoms with Crippen LogP contribution in [0.5, 0.6) is 5.75 Å². The second kappa shape index (κ2) is 4.99. The molecule has 0 unspecified atom stereocenters. The maximum atomic E-state index is 8.75. The van der Waals surface area contributed by atoms with E-state index in [0.717, 1.165) is 5.69 Å². The summed E-state index contributed by atoms with van der Waals surface area (Å²) in [6.45, 7) is 0.333. The maximum Gasteiger partial charge on any atom is 0.130 e. The van der Waals surface area contributed by atoms with Crippen molar-refractivity contribution in [3.63, 3.8) is 0 Å². The SMILES string of the molecule is N#Cc1cccc(OCc2cccc(N)n2)c1. The third kappa shape index (κ3) is 2.95. The summed E-state index contributed by atoms with van der Waals surface area (Å²) in [5.74, 6) is 1.12. The maximum absolute atomic E-state index is 8.75. The van der Waals surface area contributed by atoms with E-state index in [2.05, 4.69) is 11.1 Å². The number of benzene rings is 1. The van der Waals surface area contributed by atoms with Gasteiger partial charge in [-0.3, -0.25) is 0 Å². The predicted octanol–water partition coefficient (Wildman–Crippen LogP) is 2.11. The number of anilines is 1. The lowest BCUT2D eigenvalue weighted by Gasteiger charge is -2.06. The monoisotopic (exact) mass is 225 g/mol. The summed E-state index contributed by atoms with van der Waals surface area (Å²) in [7, 11) is 0. The minimum atomic E-state index is 0.333. The second-order valence-corrected chi connectivity index (χ2v) is 3.48. The van der Waals surface area contributed by atoms with Crippen LogP contribution in [0.1, 0.15) is 11.3 Å². The van der Waals surface area contributed by atoms with Gasteiger partial charge in [0.25, 0.3) is 0 Å². The van der Waals surface area contributed by atoms with E-state index in [0.29, 0.717) is 23.7 Å². The molecule has 2 rings (SSSR count). The lowest BCUT2D eigenvalue weighted by Crippen LogP contribution is -2.00. The van der Waals surface area contributed by atoms with E-state index in [1.54, 1.807) is 30.3 Å². The molecule has 0 fully saturated rings. The van der Waals surface area contributed by atoms with E-state index >= 15 is 0 Å². The number of ether oxygens (including phenoxy) is 1. The van der Waals surface area contributed by atoms with Crippen LogP contribution in [-0.4, -0.2) is 4.98 Å². The molecule has 2 N–H and O–H groups in total. The molecular formula is C13H11N3O. The summed E-state index contributed by atoms with van der Waals surface area (Å²) < 4.78 is 5.52. The number of aromatic nitrogens is 1. The summed E-state index contributed by atoms with van der Waals surface area (Å²) in [5.41, 5.74) is 6.89. The number of nitrogens with two attached hydrogens (primary N) is 1. The van der Waals surface area contributed by atoms with Crippen molar-refractivity contribution in [2.75, 3.05) is 5.73 Å². The topological polar surface area (TPSA) is 71.9 Å². The molecule has 0 saturated carbocycles.